The fourth-order valence-corrected chi connectivity index (χ4v) is 2.92. The minimum absolute atomic E-state index is 0.104. The minimum Gasteiger partial charge on any atom is -0.449 e. The quantitative estimate of drug-likeness (QED) is 0.751. The molecule has 132 valence electrons. The van der Waals surface area contributed by atoms with E-state index in [2.05, 4.69) is 5.32 Å². The van der Waals surface area contributed by atoms with E-state index in [0.29, 0.717) is 0 Å². The number of carbonyl (C=O) groups excluding carboxylic acids is 2. The highest BCUT2D eigenvalue weighted by atomic mass is 35.5. The molecule has 25 heavy (non-hydrogen) atoms. The van der Waals surface area contributed by atoms with E-state index in [0.717, 1.165) is 22.4 Å². The molecule has 0 fully saturated rings. The molecule has 0 aliphatic carbocycles. The number of rotatable bonds is 4. The van der Waals surface area contributed by atoms with Gasteiger partial charge in [-0.05, 0) is 51.0 Å². The number of esters is 1. The molecule has 1 atom stereocenters. The van der Waals surface area contributed by atoms with Crippen molar-refractivity contribution in [2.75, 3.05) is 5.32 Å². The summed E-state index contributed by atoms with van der Waals surface area (Å²) in [4.78, 5) is 24.6. The van der Waals surface area contributed by atoms with Crippen LogP contribution in [0.4, 0.5) is 5.69 Å². The molecule has 0 aromatic heterocycles. The van der Waals surface area contributed by atoms with Crippen molar-refractivity contribution in [1.29, 1.82) is 0 Å². The number of nitrogens with one attached hydrogen (secondary N) is 1. The first-order valence-electron chi connectivity index (χ1n) is 7.74. The average Bonchev–Trinajstić information content (AvgIpc) is 2.52. The van der Waals surface area contributed by atoms with Crippen LogP contribution in [-0.2, 0) is 9.53 Å². The predicted molar refractivity (Wildman–Crippen MR) is 101 cm³/mol. The second-order valence-corrected chi connectivity index (χ2v) is 6.70. The first kappa shape index (κ1) is 19.3. The summed E-state index contributed by atoms with van der Waals surface area (Å²) in [6, 6.07) is 8.61. The number of benzene rings is 2. The Hall–Kier alpha value is -2.04. The first-order chi connectivity index (χ1) is 11.7. The van der Waals surface area contributed by atoms with E-state index in [1.54, 1.807) is 12.1 Å². The van der Waals surface area contributed by atoms with Gasteiger partial charge >= 0.3 is 5.97 Å². The molecule has 0 saturated heterocycles. The summed E-state index contributed by atoms with van der Waals surface area (Å²) in [6.45, 7) is 7.32. The van der Waals surface area contributed by atoms with Gasteiger partial charge in [0.25, 0.3) is 5.91 Å². The van der Waals surface area contributed by atoms with E-state index < -0.39 is 18.0 Å². The zero-order valence-electron chi connectivity index (χ0n) is 14.4. The summed E-state index contributed by atoms with van der Waals surface area (Å²) >= 11 is 11.9. The van der Waals surface area contributed by atoms with Crippen LogP contribution in [-0.4, -0.2) is 18.0 Å². The van der Waals surface area contributed by atoms with Crippen LogP contribution in [0.3, 0.4) is 0 Å². The van der Waals surface area contributed by atoms with Crippen molar-refractivity contribution in [2.24, 2.45) is 0 Å². The summed E-state index contributed by atoms with van der Waals surface area (Å²) < 4.78 is 5.22. The van der Waals surface area contributed by atoms with Gasteiger partial charge in [0.15, 0.2) is 6.10 Å². The molecule has 2 rings (SSSR count). The molecule has 0 bridgehead atoms. The van der Waals surface area contributed by atoms with Crippen molar-refractivity contribution < 1.29 is 14.3 Å². The Balaban J connectivity index is 2.11. The van der Waals surface area contributed by atoms with E-state index in [4.69, 9.17) is 27.9 Å². The Labute approximate surface area is 157 Å². The molecule has 0 spiro atoms. The maximum absolute atomic E-state index is 12.4. The van der Waals surface area contributed by atoms with Gasteiger partial charge in [-0.15, -0.1) is 0 Å². The van der Waals surface area contributed by atoms with Crippen LogP contribution < -0.4 is 5.32 Å². The third kappa shape index (κ3) is 4.53. The average molecular weight is 380 g/mol. The fraction of sp³-hybridized carbons (Fsp3) is 0.263. The first-order valence-corrected chi connectivity index (χ1v) is 8.50. The lowest BCUT2D eigenvalue weighted by Crippen LogP contribution is -2.30. The highest BCUT2D eigenvalue weighted by molar-refractivity contribution is 6.43. The van der Waals surface area contributed by atoms with Crippen LogP contribution in [0.25, 0.3) is 0 Å². The Morgan fingerprint density at radius 1 is 1.08 bits per heavy atom. The van der Waals surface area contributed by atoms with Crippen molar-refractivity contribution in [3.63, 3.8) is 0 Å². The molecule has 0 radical (unpaired) electrons. The molecule has 0 aliphatic heterocycles. The normalized spacial score (nSPS) is 11.8. The number of anilines is 1. The van der Waals surface area contributed by atoms with Gasteiger partial charge in [-0.1, -0.05) is 47.0 Å². The number of carbonyl (C=O) groups is 2. The molecular formula is C19H19Cl2NO3. The fourth-order valence-electron chi connectivity index (χ4n) is 2.54. The number of hydrogen-bond donors (Lipinski definition) is 1. The van der Waals surface area contributed by atoms with Crippen molar-refractivity contribution in [1.82, 2.24) is 0 Å². The van der Waals surface area contributed by atoms with Crippen LogP contribution >= 0.6 is 23.2 Å². The Bertz CT molecular complexity index is 810. The standard InChI is InChI=1S/C19H19Cl2NO3/c1-10-8-11(2)17(12(3)9-10)22-18(23)13(4)25-19(24)14-6-5-7-15(20)16(14)21/h5-9,13H,1-4H3,(H,22,23)/t13-/m1/s1. The van der Waals surface area contributed by atoms with E-state index in [1.807, 2.05) is 32.9 Å². The SMILES string of the molecule is Cc1cc(C)c(NC(=O)[C@@H](C)OC(=O)c2cccc(Cl)c2Cl)c(C)c1. The van der Waals surface area contributed by atoms with E-state index in [-0.39, 0.29) is 15.6 Å². The number of hydrogen-bond acceptors (Lipinski definition) is 3. The van der Waals surface area contributed by atoms with Gasteiger partial charge < -0.3 is 10.1 Å². The number of amides is 1. The summed E-state index contributed by atoms with van der Waals surface area (Å²) in [5.74, 6) is -1.12. The highest BCUT2D eigenvalue weighted by Crippen LogP contribution is 2.26. The highest BCUT2D eigenvalue weighted by Gasteiger charge is 2.22. The van der Waals surface area contributed by atoms with Crippen LogP contribution in [0.15, 0.2) is 30.3 Å². The topological polar surface area (TPSA) is 55.4 Å². The van der Waals surface area contributed by atoms with Gasteiger partial charge in [-0.2, -0.15) is 0 Å². The van der Waals surface area contributed by atoms with Gasteiger partial charge in [0.1, 0.15) is 0 Å². The zero-order chi connectivity index (χ0) is 18.7. The molecule has 2 aromatic carbocycles. The van der Waals surface area contributed by atoms with Gasteiger partial charge in [-0.3, -0.25) is 4.79 Å². The maximum Gasteiger partial charge on any atom is 0.340 e. The maximum atomic E-state index is 12.4. The molecule has 6 heteroatoms. The summed E-state index contributed by atoms with van der Waals surface area (Å²) in [5.41, 5.74) is 3.85. The van der Waals surface area contributed by atoms with Crippen molar-refractivity contribution in [3.8, 4) is 0 Å². The molecule has 4 nitrogen and oxygen atoms in total. The zero-order valence-corrected chi connectivity index (χ0v) is 16.0. The van der Waals surface area contributed by atoms with Crippen LogP contribution in [0, 0.1) is 20.8 Å². The molecule has 0 heterocycles. The van der Waals surface area contributed by atoms with Gasteiger partial charge in [0.05, 0.1) is 15.6 Å². The molecular weight excluding hydrogens is 361 g/mol. The second kappa shape index (κ2) is 7.89. The van der Waals surface area contributed by atoms with Gasteiger partial charge in [0.2, 0.25) is 0 Å². The van der Waals surface area contributed by atoms with Gasteiger partial charge in [-0.25, -0.2) is 4.79 Å². The lowest BCUT2D eigenvalue weighted by atomic mass is 10.0. The summed E-state index contributed by atoms with van der Waals surface area (Å²) in [7, 11) is 0. The molecule has 1 N–H and O–H groups in total. The Morgan fingerprint density at radius 3 is 2.28 bits per heavy atom. The smallest absolute Gasteiger partial charge is 0.340 e. The van der Waals surface area contributed by atoms with Gasteiger partial charge in [0, 0.05) is 5.69 Å². The lowest BCUT2D eigenvalue weighted by molar-refractivity contribution is -0.123. The summed E-state index contributed by atoms with van der Waals surface area (Å²) in [5, 5.41) is 3.17. The lowest BCUT2D eigenvalue weighted by Gasteiger charge is -2.17. The molecule has 2 aromatic rings. The minimum atomic E-state index is -0.984. The van der Waals surface area contributed by atoms with E-state index in [9.17, 15) is 9.59 Å². The van der Waals surface area contributed by atoms with Crippen LogP contribution in [0.5, 0.6) is 0 Å². The second-order valence-electron chi connectivity index (χ2n) is 5.91. The summed E-state index contributed by atoms with van der Waals surface area (Å²) in [6.07, 6.45) is -0.984. The largest absolute Gasteiger partial charge is 0.449 e. The van der Waals surface area contributed by atoms with E-state index >= 15 is 0 Å². The molecule has 1 amide bonds. The van der Waals surface area contributed by atoms with Crippen molar-refractivity contribution >= 4 is 40.8 Å². The third-order valence-electron chi connectivity index (χ3n) is 3.75. The molecule has 0 unspecified atom stereocenters. The Morgan fingerprint density at radius 2 is 1.68 bits per heavy atom. The van der Waals surface area contributed by atoms with Crippen LogP contribution in [0.1, 0.15) is 34.0 Å². The number of halogens is 2. The van der Waals surface area contributed by atoms with E-state index in [1.165, 1.54) is 13.0 Å². The van der Waals surface area contributed by atoms with Crippen LogP contribution in [0.2, 0.25) is 10.0 Å². The molecule has 0 aliphatic rings. The Kier molecular flexibility index (Phi) is 6.09. The predicted octanol–water partition coefficient (Wildman–Crippen LogP) is 5.10. The van der Waals surface area contributed by atoms with Crippen molar-refractivity contribution in [3.05, 3.63) is 62.6 Å². The molecule has 0 saturated carbocycles. The number of ether oxygens (including phenoxy) is 1. The number of aryl methyl sites for hydroxylation is 3. The third-order valence-corrected chi connectivity index (χ3v) is 4.57. The monoisotopic (exact) mass is 379 g/mol. The van der Waals surface area contributed by atoms with Crippen molar-refractivity contribution in [2.45, 2.75) is 33.8 Å².